The zero-order valence-corrected chi connectivity index (χ0v) is 9.45. The van der Waals surface area contributed by atoms with Crippen LogP contribution in [0.25, 0.3) is 0 Å². The van der Waals surface area contributed by atoms with Crippen LogP contribution in [0.2, 0.25) is 0 Å². The molecule has 4 heteroatoms. The Hall–Kier alpha value is -2.46. The molecule has 1 aromatic rings. The third kappa shape index (κ3) is 4.27. The van der Waals surface area contributed by atoms with Gasteiger partial charge in [-0.15, -0.1) is 0 Å². The number of aromatic hydroxyl groups is 1. The Morgan fingerprint density at radius 1 is 1.53 bits per heavy atom. The zero-order valence-electron chi connectivity index (χ0n) is 9.45. The van der Waals surface area contributed by atoms with Crippen LogP contribution in [0.15, 0.2) is 18.2 Å². The molecule has 0 aliphatic carbocycles. The summed E-state index contributed by atoms with van der Waals surface area (Å²) in [6, 6.07) is 6.47. The van der Waals surface area contributed by atoms with Crippen molar-refractivity contribution in [2.24, 2.45) is 0 Å². The second-order valence-electron chi connectivity index (χ2n) is 3.38. The van der Waals surface area contributed by atoms with Crippen molar-refractivity contribution in [1.29, 1.82) is 5.26 Å². The third-order valence-corrected chi connectivity index (χ3v) is 1.97. The average molecular weight is 228 g/mol. The first-order valence-electron chi connectivity index (χ1n) is 5.10. The van der Waals surface area contributed by atoms with Gasteiger partial charge in [0.2, 0.25) is 5.91 Å². The van der Waals surface area contributed by atoms with E-state index in [1.807, 2.05) is 6.07 Å². The quantitative estimate of drug-likeness (QED) is 0.589. The van der Waals surface area contributed by atoms with Gasteiger partial charge in [0, 0.05) is 19.9 Å². The first-order valence-corrected chi connectivity index (χ1v) is 5.10. The van der Waals surface area contributed by atoms with Crippen molar-refractivity contribution < 1.29 is 9.90 Å². The number of nitrogens with one attached hydrogen (secondary N) is 1. The van der Waals surface area contributed by atoms with Crippen LogP contribution in [0.3, 0.4) is 0 Å². The van der Waals surface area contributed by atoms with Gasteiger partial charge in [-0.2, -0.15) is 5.26 Å². The van der Waals surface area contributed by atoms with Crippen molar-refractivity contribution in [2.75, 3.05) is 6.54 Å². The lowest BCUT2D eigenvalue weighted by molar-refractivity contribution is -0.118. The summed E-state index contributed by atoms with van der Waals surface area (Å²) in [7, 11) is 0. The van der Waals surface area contributed by atoms with E-state index in [0.717, 1.165) is 0 Å². The van der Waals surface area contributed by atoms with Crippen molar-refractivity contribution in [1.82, 2.24) is 5.32 Å². The summed E-state index contributed by atoms with van der Waals surface area (Å²) in [5.41, 5.74) is 0.876. The molecule has 17 heavy (non-hydrogen) atoms. The molecule has 0 bridgehead atoms. The highest BCUT2D eigenvalue weighted by Crippen LogP contribution is 2.16. The van der Waals surface area contributed by atoms with E-state index in [-0.39, 0.29) is 11.7 Å². The Morgan fingerprint density at radius 2 is 2.29 bits per heavy atom. The molecule has 1 rings (SSSR count). The molecule has 2 N–H and O–H groups in total. The van der Waals surface area contributed by atoms with Gasteiger partial charge in [0.05, 0.1) is 17.2 Å². The van der Waals surface area contributed by atoms with Crippen LogP contribution in [0, 0.1) is 23.2 Å². The topological polar surface area (TPSA) is 73.1 Å². The number of benzene rings is 1. The van der Waals surface area contributed by atoms with Crippen molar-refractivity contribution in [3.8, 4) is 23.7 Å². The molecule has 0 aliphatic rings. The van der Waals surface area contributed by atoms with E-state index in [1.165, 1.54) is 25.1 Å². The minimum absolute atomic E-state index is 0.0519. The Morgan fingerprint density at radius 3 is 2.94 bits per heavy atom. The fraction of sp³-hybridized carbons (Fsp3) is 0.231. The van der Waals surface area contributed by atoms with E-state index in [4.69, 9.17) is 5.26 Å². The zero-order chi connectivity index (χ0) is 12.7. The number of phenols is 1. The summed E-state index contributed by atoms with van der Waals surface area (Å²) in [6.45, 7) is 1.91. The van der Waals surface area contributed by atoms with Gasteiger partial charge in [0.1, 0.15) is 5.75 Å². The minimum atomic E-state index is -0.0962. The summed E-state index contributed by atoms with van der Waals surface area (Å²) in [5, 5.41) is 20.8. The summed E-state index contributed by atoms with van der Waals surface area (Å²) >= 11 is 0. The van der Waals surface area contributed by atoms with Crippen molar-refractivity contribution in [2.45, 2.75) is 13.3 Å². The van der Waals surface area contributed by atoms with Crippen LogP contribution in [-0.4, -0.2) is 17.6 Å². The molecule has 1 amide bonds. The van der Waals surface area contributed by atoms with Crippen LogP contribution in [0.5, 0.6) is 5.75 Å². The van der Waals surface area contributed by atoms with Crippen LogP contribution in [-0.2, 0) is 4.79 Å². The molecule has 0 aromatic heterocycles. The maximum absolute atomic E-state index is 10.6. The van der Waals surface area contributed by atoms with Gasteiger partial charge in [-0.1, -0.05) is 11.8 Å². The highest BCUT2D eigenvalue weighted by Gasteiger charge is 1.98. The van der Waals surface area contributed by atoms with Crippen LogP contribution < -0.4 is 5.32 Å². The summed E-state index contributed by atoms with van der Waals surface area (Å²) in [5.74, 6) is 5.53. The normalized spacial score (nSPS) is 8.71. The van der Waals surface area contributed by atoms with E-state index >= 15 is 0 Å². The molecule has 0 saturated carbocycles. The van der Waals surface area contributed by atoms with Gasteiger partial charge in [0.15, 0.2) is 0 Å². The fourth-order valence-corrected chi connectivity index (χ4v) is 1.16. The van der Waals surface area contributed by atoms with E-state index < -0.39 is 0 Å². The number of phenolic OH excluding ortho intramolecular Hbond substituents is 1. The Kier molecular flexibility index (Phi) is 4.59. The standard InChI is InChI=1S/C13H12N2O2/c1-10(16)15-7-3-2-4-12-8-11(9-14)5-6-13(12)17/h5-6,8,17H,3,7H2,1H3,(H,15,16). The lowest BCUT2D eigenvalue weighted by Crippen LogP contribution is -2.20. The maximum atomic E-state index is 10.6. The van der Waals surface area contributed by atoms with Gasteiger partial charge in [0.25, 0.3) is 0 Å². The molecule has 0 fully saturated rings. The SMILES string of the molecule is CC(=O)NCCC#Cc1cc(C#N)ccc1O. The summed E-state index contributed by atoms with van der Waals surface area (Å²) in [6.07, 6.45) is 0.496. The van der Waals surface area contributed by atoms with Gasteiger partial charge in [-0.3, -0.25) is 4.79 Å². The van der Waals surface area contributed by atoms with Crippen LogP contribution in [0.4, 0.5) is 0 Å². The molecule has 0 spiro atoms. The molecular weight excluding hydrogens is 216 g/mol. The molecular formula is C13H12N2O2. The van der Waals surface area contributed by atoms with Crippen molar-refractivity contribution >= 4 is 5.91 Å². The molecule has 0 saturated heterocycles. The summed E-state index contributed by atoms with van der Waals surface area (Å²) < 4.78 is 0. The molecule has 0 unspecified atom stereocenters. The van der Waals surface area contributed by atoms with E-state index in [1.54, 1.807) is 0 Å². The predicted molar refractivity (Wildman–Crippen MR) is 63.0 cm³/mol. The largest absolute Gasteiger partial charge is 0.507 e. The van der Waals surface area contributed by atoms with Crippen LogP contribution >= 0.6 is 0 Å². The number of hydrogen-bond acceptors (Lipinski definition) is 3. The third-order valence-electron chi connectivity index (χ3n) is 1.97. The van der Waals surface area contributed by atoms with Gasteiger partial charge in [-0.25, -0.2) is 0 Å². The Bertz CT molecular complexity index is 518. The van der Waals surface area contributed by atoms with E-state index in [2.05, 4.69) is 17.2 Å². The molecule has 4 nitrogen and oxygen atoms in total. The number of nitrogens with zero attached hydrogens (tertiary/aromatic N) is 1. The highest BCUT2D eigenvalue weighted by atomic mass is 16.3. The second kappa shape index (κ2) is 6.19. The lowest BCUT2D eigenvalue weighted by Gasteiger charge is -1.97. The lowest BCUT2D eigenvalue weighted by atomic mass is 10.1. The van der Waals surface area contributed by atoms with Crippen LogP contribution in [0.1, 0.15) is 24.5 Å². The monoisotopic (exact) mass is 228 g/mol. The molecule has 0 radical (unpaired) electrons. The maximum Gasteiger partial charge on any atom is 0.216 e. The highest BCUT2D eigenvalue weighted by molar-refractivity contribution is 5.72. The molecule has 0 aliphatic heterocycles. The van der Waals surface area contributed by atoms with Gasteiger partial charge < -0.3 is 10.4 Å². The van der Waals surface area contributed by atoms with E-state index in [0.29, 0.717) is 24.1 Å². The summed E-state index contributed by atoms with van der Waals surface area (Å²) in [4.78, 5) is 10.6. The smallest absolute Gasteiger partial charge is 0.216 e. The van der Waals surface area contributed by atoms with Gasteiger partial charge in [-0.05, 0) is 18.2 Å². The molecule has 86 valence electrons. The van der Waals surface area contributed by atoms with Crippen molar-refractivity contribution in [3.05, 3.63) is 29.3 Å². The minimum Gasteiger partial charge on any atom is -0.507 e. The number of carbonyl (C=O) groups is 1. The number of amides is 1. The van der Waals surface area contributed by atoms with Crippen molar-refractivity contribution in [3.63, 3.8) is 0 Å². The number of hydrogen-bond donors (Lipinski definition) is 2. The van der Waals surface area contributed by atoms with Gasteiger partial charge >= 0.3 is 0 Å². The first-order chi connectivity index (χ1) is 8.13. The first kappa shape index (κ1) is 12.6. The second-order valence-corrected chi connectivity index (χ2v) is 3.38. The Balaban J connectivity index is 2.65. The molecule has 0 atom stereocenters. The average Bonchev–Trinajstić information content (AvgIpc) is 2.30. The number of nitriles is 1. The fourth-order valence-electron chi connectivity index (χ4n) is 1.16. The number of carbonyl (C=O) groups excluding carboxylic acids is 1. The molecule has 1 aromatic carbocycles. The van der Waals surface area contributed by atoms with E-state index in [9.17, 15) is 9.90 Å². The molecule has 0 heterocycles. The predicted octanol–water partition coefficient (Wildman–Crippen LogP) is 1.14. The number of rotatable bonds is 2. The Labute approximate surface area is 99.9 Å².